The van der Waals surface area contributed by atoms with Crippen LogP contribution in [0.15, 0.2) is 103 Å². The predicted molar refractivity (Wildman–Crippen MR) is 136 cm³/mol. The first kappa shape index (κ1) is 24.4. The molecule has 4 rings (SSSR count). The van der Waals surface area contributed by atoms with Gasteiger partial charge in [0, 0.05) is 18.0 Å². The Morgan fingerprint density at radius 3 is 1.76 bits per heavy atom. The minimum absolute atomic E-state index is 0.0463. The normalized spacial score (nSPS) is 18.4. The van der Waals surface area contributed by atoms with E-state index in [0.29, 0.717) is 26.4 Å². The van der Waals surface area contributed by atoms with E-state index < -0.39 is 0 Å². The van der Waals surface area contributed by atoms with E-state index in [2.05, 4.69) is 53.8 Å². The van der Waals surface area contributed by atoms with Gasteiger partial charge in [0.05, 0.1) is 33.0 Å². The van der Waals surface area contributed by atoms with Crippen LogP contribution < -0.4 is 5.32 Å². The van der Waals surface area contributed by atoms with E-state index in [1.807, 2.05) is 48.5 Å². The molecule has 2 N–H and O–H groups in total. The zero-order valence-corrected chi connectivity index (χ0v) is 19.7. The van der Waals surface area contributed by atoms with E-state index in [1.54, 1.807) is 0 Å². The van der Waals surface area contributed by atoms with E-state index >= 15 is 0 Å². The highest BCUT2D eigenvalue weighted by molar-refractivity contribution is 5.23. The van der Waals surface area contributed by atoms with Crippen LogP contribution in [-0.4, -0.2) is 31.0 Å². The van der Waals surface area contributed by atoms with Crippen LogP contribution in [-0.2, 0) is 29.2 Å². The molecule has 34 heavy (non-hydrogen) atoms. The van der Waals surface area contributed by atoms with E-state index in [-0.39, 0.29) is 18.1 Å². The summed E-state index contributed by atoms with van der Waals surface area (Å²) < 4.78 is 12.5. The van der Waals surface area contributed by atoms with Gasteiger partial charge in [-0.05, 0) is 29.5 Å². The SMILES string of the molecule is OC/C=C1\CC(COCc2ccccc2)(COCc2ccccc2)CC1NCc1ccccc1. The van der Waals surface area contributed by atoms with Gasteiger partial charge in [-0.2, -0.15) is 0 Å². The molecule has 0 heterocycles. The second-order valence-electron chi connectivity index (χ2n) is 9.22. The number of benzene rings is 3. The van der Waals surface area contributed by atoms with Crippen molar-refractivity contribution >= 4 is 0 Å². The molecule has 0 saturated heterocycles. The standard InChI is InChI=1S/C30H35NO3/c32-17-16-28-18-30(23-33-21-26-12-6-2-7-13-26,24-34-22-27-14-8-3-9-15-27)19-29(28)31-20-25-10-4-1-5-11-25/h1-16,29,31-32H,17-24H2/b28-16+. The molecule has 0 aromatic heterocycles. The quantitative estimate of drug-likeness (QED) is 0.364. The molecule has 3 aromatic carbocycles. The van der Waals surface area contributed by atoms with Crippen molar-refractivity contribution in [2.24, 2.45) is 5.41 Å². The van der Waals surface area contributed by atoms with Crippen LogP contribution in [0.1, 0.15) is 29.5 Å². The van der Waals surface area contributed by atoms with Gasteiger partial charge in [-0.15, -0.1) is 0 Å². The fourth-order valence-corrected chi connectivity index (χ4v) is 4.75. The largest absolute Gasteiger partial charge is 0.392 e. The molecule has 0 spiro atoms. The van der Waals surface area contributed by atoms with Crippen LogP contribution in [0, 0.1) is 5.41 Å². The molecule has 1 atom stereocenters. The molecule has 0 aliphatic heterocycles. The number of hydrogen-bond acceptors (Lipinski definition) is 4. The van der Waals surface area contributed by atoms with Crippen molar-refractivity contribution in [1.29, 1.82) is 0 Å². The molecular weight excluding hydrogens is 422 g/mol. The highest BCUT2D eigenvalue weighted by Gasteiger charge is 2.42. The smallest absolute Gasteiger partial charge is 0.0717 e. The van der Waals surface area contributed by atoms with Gasteiger partial charge >= 0.3 is 0 Å². The van der Waals surface area contributed by atoms with Gasteiger partial charge in [-0.1, -0.05) is 103 Å². The number of aliphatic hydroxyl groups excluding tert-OH is 1. The predicted octanol–water partition coefficient (Wildman–Crippen LogP) is 5.28. The second kappa shape index (κ2) is 12.6. The van der Waals surface area contributed by atoms with Crippen LogP contribution in [0.25, 0.3) is 0 Å². The molecule has 4 nitrogen and oxygen atoms in total. The molecule has 1 fully saturated rings. The fourth-order valence-electron chi connectivity index (χ4n) is 4.75. The van der Waals surface area contributed by atoms with Crippen LogP contribution in [0.4, 0.5) is 0 Å². The molecule has 1 aliphatic rings. The molecule has 1 saturated carbocycles. The molecule has 0 radical (unpaired) electrons. The Hall–Kier alpha value is -2.76. The summed E-state index contributed by atoms with van der Waals surface area (Å²) in [6.07, 6.45) is 3.72. The third-order valence-corrected chi connectivity index (χ3v) is 6.45. The third kappa shape index (κ3) is 7.12. The Balaban J connectivity index is 1.43. The minimum Gasteiger partial charge on any atom is -0.392 e. The van der Waals surface area contributed by atoms with Crippen LogP contribution in [0.2, 0.25) is 0 Å². The zero-order chi connectivity index (χ0) is 23.5. The molecule has 1 aliphatic carbocycles. The molecule has 4 heteroatoms. The summed E-state index contributed by atoms with van der Waals surface area (Å²) in [7, 11) is 0. The van der Waals surface area contributed by atoms with Crippen LogP contribution >= 0.6 is 0 Å². The van der Waals surface area contributed by atoms with Crippen molar-refractivity contribution in [3.63, 3.8) is 0 Å². The molecule has 1 unspecified atom stereocenters. The number of rotatable bonds is 12. The van der Waals surface area contributed by atoms with Crippen molar-refractivity contribution in [2.75, 3.05) is 19.8 Å². The first-order chi connectivity index (χ1) is 16.8. The van der Waals surface area contributed by atoms with Gasteiger partial charge in [0.2, 0.25) is 0 Å². The molecular formula is C30H35NO3. The van der Waals surface area contributed by atoms with Crippen LogP contribution in [0.3, 0.4) is 0 Å². The zero-order valence-electron chi connectivity index (χ0n) is 19.7. The summed E-state index contributed by atoms with van der Waals surface area (Å²) in [5, 5.41) is 13.4. The summed E-state index contributed by atoms with van der Waals surface area (Å²) >= 11 is 0. The summed E-state index contributed by atoms with van der Waals surface area (Å²) in [6, 6.07) is 31.2. The Labute approximate surface area is 203 Å². The monoisotopic (exact) mass is 457 g/mol. The van der Waals surface area contributed by atoms with E-state index in [4.69, 9.17) is 9.47 Å². The van der Waals surface area contributed by atoms with Crippen molar-refractivity contribution in [3.8, 4) is 0 Å². The maximum Gasteiger partial charge on any atom is 0.0717 e. The third-order valence-electron chi connectivity index (χ3n) is 6.45. The Morgan fingerprint density at radius 2 is 1.26 bits per heavy atom. The lowest BCUT2D eigenvalue weighted by atomic mass is 9.87. The summed E-state index contributed by atoms with van der Waals surface area (Å²) in [4.78, 5) is 0. The lowest BCUT2D eigenvalue weighted by Gasteiger charge is -2.29. The van der Waals surface area contributed by atoms with Crippen LogP contribution in [0.5, 0.6) is 0 Å². The number of ether oxygens (including phenoxy) is 2. The number of hydrogen-bond donors (Lipinski definition) is 2. The van der Waals surface area contributed by atoms with Gasteiger partial charge in [0.1, 0.15) is 0 Å². The minimum atomic E-state index is -0.140. The summed E-state index contributed by atoms with van der Waals surface area (Å²) in [6.45, 7) is 3.24. The van der Waals surface area contributed by atoms with Gasteiger partial charge in [0.15, 0.2) is 0 Å². The molecule has 3 aromatic rings. The molecule has 178 valence electrons. The second-order valence-corrected chi connectivity index (χ2v) is 9.22. The highest BCUT2D eigenvalue weighted by atomic mass is 16.5. The first-order valence-electron chi connectivity index (χ1n) is 12.1. The highest BCUT2D eigenvalue weighted by Crippen LogP contribution is 2.43. The van der Waals surface area contributed by atoms with E-state index in [9.17, 15) is 5.11 Å². The number of aliphatic hydroxyl groups is 1. The fraction of sp³-hybridized carbons (Fsp3) is 0.333. The van der Waals surface area contributed by atoms with Crippen molar-refractivity contribution in [3.05, 3.63) is 119 Å². The molecule has 0 amide bonds. The maximum atomic E-state index is 9.68. The molecule has 0 bridgehead atoms. The van der Waals surface area contributed by atoms with Gasteiger partial charge in [-0.3, -0.25) is 0 Å². The summed E-state index contributed by atoms with van der Waals surface area (Å²) in [5.41, 5.74) is 4.70. The Bertz CT molecular complexity index is 959. The Morgan fingerprint density at radius 1 is 0.765 bits per heavy atom. The number of nitrogens with one attached hydrogen (secondary N) is 1. The van der Waals surface area contributed by atoms with Crippen molar-refractivity contribution in [1.82, 2.24) is 5.32 Å². The lowest BCUT2D eigenvalue weighted by Crippen LogP contribution is -2.33. The Kier molecular flexibility index (Phi) is 9.05. The van der Waals surface area contributed by atoms with Gasteiger partial charge < -0.3 is 19.9 Å². The van der Waals surface area contributed by atoms with Gasteiger partial charge in [0.25, 0.3) is 0 Å². The van der Waals surface area contributed by atoms with Crippen molar-refractivity contribution in [2.45, 2.75) is 38.6 Å². The van der Waals surface area contributed by atoms with E-state index in [0.717, 1.165) is 19.4 Å². The van der Waals surface area contributed by atoms with Gasteiger partial charge in [-0.25, -0.2) is 0 Å². The average Bonchev–Trinajstić information content (AvgIpc) is 3.22. The van der Waals surface area contributed by atoms with Crippen molar-refractivity contribution < 1.29 is 14.6 Å². The average molecular weight is 458 g/mol. The summed E-state index contributed by atoms with van der Waals surface area (Å²) in [5.74, 6) is 0. The maximum absolute atomic E-state index is 9.68. The first-order valence-corrected chi connectivity index (χ1v) is 12.1. The topological polar surface area (TPSA) is 50.7 Å². The van der Waals surface area contributed by atoms with E-state index in [1.165, 1.54) is 22.3 Å². The lowest BCUT2D eigenvalue weighted by molar-refractivity contribution is -0.0297.